The molecule has 0 bridgehead atoms. The molecule has 0 radical (unpaired) electrons. The monoisotopic (exact) mass is 592 g/mol. The number of rotatable bonds is 7. The lowest BCUT2D eigenvalue weighted by Gasteiger charge is -1.95. The van der Waals surface area contributed by atoms with E-state index in [1.165, 1.54) is 5.56 Å². The Kier molecular flexibility index (Phi) is 14.7. The summed E-state index contributed by atoms with van der Waals surface area (Å²) in [5.74, 6) is 3.31. The fraction of sp³-hybridized carbons (Fsp3) is 0.182. The number of aromatic nitrogens is 7. The summed E-state index contributed by atoms with van der Waals surface area (Å²) >= 11 is 3.29. The first-order valence-electron chi connectivity index (χ1n) is 10.5. The quantitative estimate of drug-likeness (QED) is 0.0902. The lowest BCUT2D eigenvalue weighted by Crippen LogP contribution is -1.98. The number of nitrogen functional groups attached to an aromatic ring is 2. The summed E-state index contributed by atoms with van der Waals surface area (Å²) in [5, 5.41) is 19.7. The first-order valence-corrected chi connectivity index (χ1v) is 12.4. The zero-order valence-electron chi connectivity index (χ0n) is 20.0. The van der Waals surface area contributed by atoms with E-state index < -0.39 is 0 Å². The first kappa shape index (κ1) is 32.0. The Bertz CT molecular complexity index is 1390. The number of nitrogens with zero attached hydrogens (tertiary/aromatic N) is 8. The second-order valence-corrected chi connectivity index (χ2v) is 8.76. The maximum absolute atomic E-state index is 7.93. The third-order valence-electron chi connectivity index (χ3n) is 4.37. The number of thiophene rings is 2. The highest BCUT2D eigenvalue weighted by Crippen LogP contribution is 2.09. The van der Waals surface area contributed by atoms with Crippen molar-refractivity contribution < 1.29 is 0 Å². The van der Waals surface area contributed by atoms with Crippen LogP contribution in [0.25, 0.3) is 10.4 Å². The third kappa shape index (κ3) is 11.4. The van der Waals surface area contributed by atoms with Gasteiger partial charge >= 0.3 is 0 Å². The Morgan fingerprint density at radius 2 is 1.66 bits per heavy atom. The highest BCUT2D eigenvalue weighted by atomic mass is 35.5. The van der Waals surface area contributed by atoms with E-state index in [1.807, 2.05) is 27.7 Å². The van der Waals surface area contributed by atoms with Gasteiger partial charge in [0, 0.05) is 28.9 Å². The maximum atomic E-state index is 7.93. The summed E-state index contributed by atoms with van der Waals surface area (Å²) in [6.07, 6.45) is 11.5. The Labute approximate surface area is 239 Å². The lowest BCUT2D eigenvalue weighted by molar-refractivity contribution is 0.650. The Morgan fingerprint density at radius 3 is 2.18 bits per heavy atom. The Balaban J connectivity index is 0.000000308. The van der Waals surface area contributed by atoms with Gasteiger partial charge in [-0.05, 0) is 50.3 Å². The molecule has 0 spiro atoms. The van der Waals surface area contributed by atoms with E-state index in [-0.39, 0.29) is 24.8 Å². The van der Waals surface area contributed by atoms with Crippen LogP contribution in [-0.2, 0) is 25.9 Å². The van der Waals surface area contributed by atoms with Gasteiger partial charge in [-0.1, -0.05) is 10.3 Å². The summed E-state index contributed by atoms with van der Waals surface area (Å²) in [6, 6.07) is 4.03. The van der Waals surface area contributed by atoms with Crippen LogP contribution in [0.2, 0.25) is 0 Å². The van der Waals surface area contributed by atoms with Crippen LogP contribution in [0, 0.1) is 12.3 Å². The summed E-state index contributed by atoms with van der Waals surface area (Å²) in [6.45, 7) is 1.22. The number of anilines is 2. The van der Waals surface area contributed by atoms with E-state index in [9.17, 15) is 0 Å². The lowest BCUT2D eigenvalue weighted by atomic mass is 10.3. The van der Waals surface area contributed by atoms with Gasteiger partial charge in [0.1, 0.15) is 0 Å². The predicted molar refractivity (Wildman–Crippen MR) is 156 cm³/mol. The molecule has 200 valence electrons. The number of nitrogens with one attached hydrogen (secondary N) is 2. The summed E-state index contributed by atoms with van der Waals surface area (Å²) in [4.78, 5) is 16.1. The van der Waals surface area contributed by atoms with Crippen molar-refractivity contribution >= 4 is 59.4 Å². The maximum Gasteiger partial charge on any atom is 0.197 e. The molecule has 0 fully saturated rings. The van der Waals surface area contributed by atoms with Crippen molar-refractivity contribution in [3.63, 3.8) is 0 Å². The van der Waals surface area contributed by atoms with Crippen molar-refractivity contribution in [3.8, 4) is 12.3 Å². The number of azide groups is 1. The second-order valence-electron chi connectivity index (χ2n) is 7.20. The molecule has 0 saturated heterocycles. The molecule has 0 aromatic carbocycles. The van der Waals surface area contributed by atoms with Crippen LogP contribution in [0.15, 0.2) is 57.4 Å². The molecule has 0 aliphatic rings. The van der Waals surface area contributed by atoms with Crippen molar-refractivity contribution in [2.75, 3.05) is 11.5 Å². The largest absolute Gasteiger partial charge is 0.369 e. The van der Waals surface area contributed by atoms with Gasteiger partial charge in [0.2, 0.25) is 0 Å². The molecule has 38 heavy (non-hydrogen) atoms. The third-order valence-corrected chi connectivity index (χ3v) is 5.83. The van der Waals surface area contributed by atoms with Crippen LogP contribution in [0.3, 0.4) is 0 Å². The minimum absolute atomic E-state index is 0. The van der Waals surface area contributed by atoms with Crippen LogP contribution in [0.4, 0.5) is 11.9 Å². The molecule has 0 amide bonds. The minimum atomic E-state index is 0. The molecule has 5 aromatic heterocycles. The summed E-state index contributed by atoms with van der Waals surface area (Å²) in [5.41, 5.74) is 23.8. The van der Waals surface area contributed by atoms with E-state index in [1.54, 1.807) is 35.1 Å². The van der Waals surface area contributed by atoms with Gasteiger partial charge in [-0.2, -0.15) is 22.7 Å². The fourth-order valence-electron chi connectivity index (χ4n) is 2.80. The van der Waals surface area contributed by atoms with Crippen molar-refractivity contribution in [1.82, 2.24) is 34.9 Å². The van der Waals surface area contributed by atoms with Gasteiger partial charge in [0.25, 0.3) is 0 Å². The molecule has 0 aliphatic carbocycles. The fourth-order valence-corrected chi connectivity index (χ4v) is 4.12. The number of imidazole rings is 2. The summed E-state index contributed by atoms with van der Waals surface area (Å²) < 4.78 is 1.83. The number of hydrogen-bond acceptors (Lipinski definition) is 9. The Hall–Kier alpha value is -3.99. The van der Waals surface area contributed by atoms with Crippen LogP contribution < -0.4 is 11.5 Å². The average molecular weight is 594 g/mol. The molecule has 12 nitrogen and oxygen atoms in total. The van der Waals surface area contributed by atoms with E-state index in [2.05, 4.69) is 63.0 Å². The van der Waals surface area contributed by atoms with Crippen molar-refractivity contribution in [3.05, 3.63) is 90.9 Å². The normalized spacial score (nSPS) is 9.24. The van der Waals surface area contributed by atoms with Gasteiger partial charge in [-0.25, -0.2) is 14.6 Å². The topological polar surface area (TPSA) is 189 Å². The smallest absolute Gasteiger partial charge is 0.197 e. The molecule has 5 aromatic rings. The van der Waals surface area contributed by atoms with Crippen LogP contribution in [-0.4, -0.2) is 34.9 Å². The highest BCUT2D eigenvalue weighted by molar-refractivity contribution is 7.08. The summed E-state index contributed by atoms with van der Waals surface area (Å²) in [7, 11) is 0. The van der Waals surface area contributed by atoms with Crippen LogP contribution in [0.5, 0.6) is 0 Å². The van der Waals surface area contributed by atoms with Gasteiger partial charge in [0.05, 0.1) is 37.6 Å². The number of nitrogens with two attached hydrogens (primary N) is 2. The number of H-pyrrole nitrogens is 2. The molecular formula is C22H26Cl2N12S2. The molecule has 0 aliphatic heterocycles. The van der Waals surface area contributed by atoms with Crippen molar-refractivity contribution in [2.45, 2.75) is 25.9 Å². The van der Waals surface area contributed by atoms with Crippen LogP contribution >= 0.6 is 47.5 Å². The zero-order valence-corrected chi connectivity index (χ0v) is 23.2. The molecule has 16 heteroatoms. The van der Waals surface area contributed by atoms with Gasteiger partial charge in [-0.3, -0.25) is 0 Å². The molecule has 5 rings (SSSR count). The number of halogens is 2. The number of hydrogen-bond donors (Lipinski definition) is 4. The predicted octanol–water partition coefficient (Wildman–Crippen LogP) is 4.85. The number of aromatic amines is 2. The van der Waals surface area contributed by atoms with Gasteiger partial charge in [-0.15, -0.1) is 42.3 Å². The molecule has 0 saturated carbocycles. The van der Waals surface area contributed by atoms with Gasteiger partial charge < -0.3 is 21.4 Å². The second kappa shape index (κ2) is 17.5. The Morgan fingerprint density at radius 1 is 1.03 bits per heavy atom. The van der Waals surface area contributed by atoms with E-state index in [0.717, 1.165) is 29.2 Å². The highest BCUT2D eigenvalue weighted by Gasteiger charge is 2.05. The molecule has 5 heterocycles. The number of terminal acetylenes is 1. The van der Waals surface area contributed by atoms with Crippen molar-refractivity contribution in [1.29, 1.82) is 0 Å². The van der Waals surface area contributed by atoms with E-state index in [4.69, 9.17) is 23.4 Å². The van der Waals surface area contributed by atoms with E-state index >= 15 is 0 Å². The van der Waals surface area contributed by atoms with Crippen LogP contribution in [0.1, 0.15) is 28.2 Å². The average Bonchev–Trinajstić information content (AvgIpc) is 3.69. The standard InChI is InChI=1S/C11H12N6S.C6H7N3.C5H5N3S.2ClH/c12-11-13-4-9(14-11)3-10-6-17(16-15-10)5-8-1-2-18-7-8;1-2-3-5-4-8-6(7)9-5;6-8-7-3-5-1-2-9-4-5;;/h1-2,4,6-7H,3,5H2,(H3,12,13,14);1,4H,3H2,(H3,7,8,9);1-2,4H,3H2;2*1H. The minimum Gasteiger partial charge on any atom is -0.369 e. The van der Waals surface area contributed by atoms with E-state index in [0.29, 0.717) is 31.3 Å². The van der Waals surface area contributed by atoms with Gasteiger partial charge in [0.15, 0.2) is 11.9 Å². The molecule has 6 N–H and O–H groups in total. The SMILES string of the molecule is C#CCc1cnc(N)[nH]1.Cl.Cl.Nc1ncc(Cc2cn(Cc3ccsc3)nn2)[nH]1.[N-]=[N+]=NCc1ccsc1. The van der Waals surface area contributed by atoms with Crippen molar-refractivity contribution in [2.24, 2.45) is 5.11 Å². The molecule has 0 unspecified atom stereocenters. The molecule has 0 atom stereocenters. The molecular weight excluding hydrogens is 567 g/mol. The zero-order chi connectivity index (χ0) is 25.6. The first-order chi connectivity index (χ1) is 17.6.